The van der Waals surface area contributed by atoms with Crippen LogP contribution in [0, 0.1) is 0 Å². The molecule has 3 nitrogen and oxygen atoms in total. The molecule has 0 aliphatic carbocycles. The first-order valence-electron chi connectivity index (χ1n) is 7.62. The Kier molecular flexibility index (Phi) is 5.31. The zero-order valence-corrected chi connectivity index (χ0v) is 15.8. The Balaban J connectivity index is 2.09. The van der Waals surface area contributed by atoms with Gasteiger partial charge in [0.15, 0.2) is 0 Å². The van der Waals surface area contributed by atoms with Gasteiger partial charge in [0.1, 0.15) is 5.75 Å². The number of thioether (sulfide) groups is 1. The van der Waals surface area contributed by atoms with E-state index in [1.165, 1.54) is 7.11 Å². The molecule has 2 aromatic carbocycles. The lowest BCUT2D eigenvalue weighted by molar-refractivity contribution is -0.136. The number of halogens is 1. The summed E-state index contributed by atoms with van der Waals surface area (Å²) in [5.41, 5.74) is 2.68. The molecule has 1 aliphatic rings. The van der Waals surface area contributed by atoms with E-state index in [-0.39, 0.29) is 11.2 Å². The summed E-state index contributed by atoms with van der Waals surface area (Å²) in [7, 11) is 1.42. The van der Waals surface area contributed by atoms with Gasteiger partial charge >= 0.3 is 5.97 Å². The lowest BCUT2D eigenvalue weighted by Gasteiger charge is -2.26. The summed E-state index contributed by atoms with van der Waals surface area (Å²) in [5, 5.41) is -0.125. The van der Waals surface area contributed by atoms with Crippen LogP contribution in [-0.4, -0.2) is 19.7 Å². The van der Waals surface area contributed by atoms with Gasteiger partial charge in [-0.1, -0.05) is 40.2 Å². The number of methoxy groups -OCH3 is 1. The summed E-state index contributed by atoms with van der Waals surface area (Å²) in [6, 6.07) is 13.9. The predicted octanol–water partition coefficient (Wildman–Crippen LogP) is 5.25. The molecule has 0 radical (unpaired) electrons. The maximum atomic E-state index is 12.3. The third-order valence-corrected chi connectivity index (χ3v) is 5.70. The number of esters is 1. The molecule has 2 aromatic rings. The minimum Gasteiger partial charge on any atom is -0.493 e. The lowest BCUT2D eigenvalue weighted by atomic mass is 10.0. The lowest BCUT2D eigenvalue weighted by Crippen LogP contribution is -2.14. The molecule has 0 amide bonds. The standard InChI is InChI=1S/C19H17BrO3S/c1-3-23-16-6-4-5-13-11-15(19(21)22-2)17(24-18(13)16)12-7-9-14(20)10-8-12/h4-11,17H,3H2,1-2H3. The van der Waals surface area contributed by atoms with E-state index in [1.807, 2.05) is 55.5 Å². The first-order valence-corrected chi connectivity index (χ1v) is 9.29. The van der Waals surface area contributed by atoms with E-state index in [1.54, 1.807) is 11.8 Å². The number of hydrogen-bond acceptors (Lipinski definition) is 4. The Hall–Kier alpha value is -1.72. The van der Waals surface area contributed by atoms with E-state index >= 15 is 0 Å². The molecule has 1 heterocycles. The van der Waals surface area contributed by atoms with Gasteiger partial charge in [-0.3, -0.25) is 0 Å². The monoisotopic (exact) mass is 404 g/mol. The Morgan fingerprint density at radius 3 is 2.62 bits per heavy atom. The number of carbonyl (C=O) groups excluding carboxylic acids is 1. The Morgan fingerprint density at radius 1 is 1.21 bits per heavy atom. The minimum absolute atomic E-state index is 0.125. The number of hydrogen-bond donors (Lipinski definition) is 0. The van der Waals surface area contributed by atoms with Crippen molar-refractivity contribution in [2.24, 2.45) is 0 Å². The van der Waals surface area contributed by atoms with E-state index < -0.39 is 0 Å². The molecule has 5 heteroatoms. The van der Waals surface area contributed by atoms with Crippen molar-refractivity contribution in [3.05, 3.63) is 63.6 Å². The fourth-order valence-corrected chi connectivity index (χ4v) is 4.23. The zero-order valence-electron chi connectivity index (χ0n) is 13.4. The molecule has 0 bridgehead atoms. The summed E-state index contributed by atoms with van der Waals surface area (Å²) in [6.45, 7) is 2.57. The van der Waals surface area contributed by atoms with Gasteiger partial charge in [0.05, 0.1) is 29.4 Å². The fraction of sp³-hybridized carbons (Fsp3) is 0.211. The van der Waals surface area contributed by atoms with Crippen LogP contribution < -0.4 is 4.74 Å². The molecule has 0 fully saturated rings. The van der Waals surface area contributed by atoms with E-state index in [0.717, 1.165) is 26.2 Å². The fourth-order valence-electron chi connectivity index (χ4n) is 2.64. The third-order valence-electron chi connectivity index (χ3n) is 3.73. The van der Waals surface area contributed by atoms with E-state index in [0.29, 0.717) is 12.2 Å². The van der Waals surface area contributed by atoms with Crippen molar-refractivity contribution >= 4 is 39.7 Å². The molecule has 0 N–H and O–H groups in total. The second-order valence-corrected chi connectivity index (χ2v) is 7.28. The highest BCUT2D eigenvalue weighted by Crippen LogP contribution is 2.50. The van der Waals surface area contributed by atoms with Crippen molar-refractivity contribution in [2.75, 3.05) is 13.7 Å². The van der Waals surface area contributed by atoms with Crippen LogP contribution in [0.4, 0.5) is 0 Å². The van der Waals surface area contributed by atoms with Gasteiger partial charge in [0, 0.05) is 4.47 Å². The van der Waals surface area contributed by atoms with Crippen molar-refractivity contribution in [2.45, 2.75) is 17.1 Å². The molecular weight excluding hydrogens is 388 g/mol. The molecule has 24 heavy (non-hydrogen) atoms. The molecule has 0 spiro atoms. The van der Waals surface area contributed by atoms with E-state index in [2.05, 4.69) is 15.9 Å². The van der Waals surface area contributed by atoms with Crippen LogP contribution in [0.15, 0.2) is 57.4 Å². The van der Waals surface area contributed by atoms with Crippen molar-refractivity contribution in [1.29, 1.82) is 0 Å². The molecule has 0 aromatic heterocycles. The minimum atomic E-state index is -0.303. The molecule has 1 unspecified atom stereocenters. The van der Waals surface area contributed by atoms with Gasteiger partial charge in [-0.2, -0.15) is 0 Å². The number of fused-ring (bicyclic) bond motifs is 1. The Bertz CT molecular complexity index is 784. The smallest absolute Gasteiger partial charge is 0.335 e. The maximum Gasteiger partial charge on any atom is 0.335 e. The molecule has 1 aliphatic heterocycles. The average Bonchev–Trinajstić information content (AvgIpc) is 2.61. The molecular formula is C19H17BrO3S. The summed E-state index contributed by atoms with van der Waals surface area (Å²) >= 11 is 5.08. The topological polar surface area (TPSA) is 35.5 Å². The highest BCUT2D eigenvalue weighted by atomic mass is 79.9. The van der Waals surface area contributed by atoms with Crippen LogP contribution in [0.25, 0.3) is 6.08 Å². The van der Waals surface area contributed by atoms with Crippen LogP contribution >= 0.6 is 27.7 Å². The predicted molar refractivity (Wildman–Crippen MR) is 100 cm³/mol. The van der Waals surface area contributed by atoms with E-state index in [4.69, 9.17) is 9.47 Å². The van der Waals surface area contributed by atoms with Crippen molar-refractivity contribution in [3.63, 3.8) is 0 Å². The average molecular weight is 405 g/mol. The summed E-state index contributed by atoms with van der Waals surface area (Å²) in [4.78, 5) is 13.3. The number of carbonyl (C=O) groups is 1. The SMILES string of the molecule is CCOc1cccc2c1SC(c1ccc(Br)cc1)C(C(=O)OC)=C2. The first-order chi connectivity index (χ1) is 11.6. The normalized spacial score (nSPS) is 16.1. The van der Waals surface area contributed by atoms with Crippen LogP contribution in [-0.2, 0) is 9.53 Å². The summed E-state index contributed by atoms with van der Waals surface area (Å²) in [6.07, 6.45) is 1.91. The van der Waals surface area contributed by atoms with Crippen LogP contribution in [0.2, 0.25) is 0 Å². The van der Waals surface area contributed by atoms with Gasteiger partial charge in [-0.05, 0) is 42.3 Å². The quantitative estimate of drug-likeness (QED) is 0.651. The van der Waals surface area contributed by atoms with Crippen LogP contribution in [0.3, 0.4) is 0 Å². The van der Waals surface area contributed by atoms with E-state index in [9.17, 15) is 4.79 Å². The summed E-state index contributed by atoms with van der Waals surface area (Å²) < 4.78 is 11.8. The maximum absolute atomic E-state index is 12.3. The molecule has 0 saturated carbocycles. The van der Waals surface area contributed by atoms with Crippen molar-refractivity contribution in [3.8, 4) is 5.75 Å². The molecule has 124 valence electrons. The zero-order chi connectivity index (χ0) is 17.1. The summed E-state index contributed by atoms with van der Waals surface area (Å²) in [5.74, 6) is 0.546. The second kappa shape index (κ2) is 7.45. The van der Waals surface area contributed by atoms with Gasteiger partial charge in [-0.25, -0.2) is 4.79 Å². The third kappa shape index (κ3) is 3.37. The number of benzene rings is 2. The van der Waals surface area contributed by atoms with Gasteiger partial charge in [0.2, 0.25) is 0 Å². The van der Waals surface area contributed by atoms with Gasteiger partial charge in [-0.15, -0.1) is 11.8 Å². The second-order valence-electron chi connectivity index (χ2n) is 5.25. The van der Waals surface area contributed by atoms with Crippen LogP contribution in [0.1, 0.15) is 23.3 Å². The van der Waals surface area contributed by atoms with Gasteiger partial charge < -0.3 is 9.47 Å². The van der Waals surface area contributed by atoms with Crippen molar-refractivity contribution < 1.29 is 14.3 Å². The molecule has 3 rings (SSSR count). The number of rotatable bonds is 4. The highest BCUT2D eigenvalue weighted by Gasteiger charge is 2.30. The van der Waals surface area contributed by atoms with Gasteiger partial charge in [0.25, 0.3) is 0 Å². The number of ether oxygens (including phenoxy) is 2. The van der Waals surface area contributed by atoms with Crippen LogP contribution in [0.5, 0.6) is 5.75 Å². The Morgan fingerprint density at radius 2 is 1.96 bits per heavy atom. The van der Waals surface area contributed by atoms with Crippen molar-refractivity contribution in [1.82, 2.24) is 0 Å². The highest BCUT2D eigenvalue weighted by molar-refractivity contribution is 9.10. The largest absolute Gasteiger partial charge is 0.493 e. The molecule has 0 saturated heterocycles. The Labute approximate surface area is 154 Å². The first kappa shape index (κ1) is 17.1. The molecule has 1 atom stereocenters.